The van der Waals surface area contributed by atoms with Gasteiger partial charge in [0.2, 0.25) is 0 Å². The van der Waals surface area contributed by atoms with Gasteiger partial charge in [0.25, 0.3) is 10.0 Å². The Bertz CT molecular complexity index is 1200. The summed E-state index contributed by atoms with van der Waals surface area (Å²) in [4.78, 5) is 15.3. The van der Waals surface area contributed by atoms with Gasteiger partial charge in [-0.05, 0) is 35.9 Å². The second kappa shape index (κ2) is 7.98. The number of benzene rings is 2. The van der Waals surface area contributed by atoms with E-state index in [1.807, 2.05) is 0 Å². The molecule has 3 aromatic rings. The number of nitrogen functional groups attached to an aromatic ring is 1. The highest BCUT2D eigenvalue weighted by molar-refractivity contribution is 7.92. The Kier molecular flexibility index (Phi) is 5.62. The zero-order valence-corrected chi connectivity index (χ0v) is 16.7. The molecule has 0 aliphatic carbocycles. The molecule has 29 heavy (non-hydrogen) atoms. The third-order valence-electron chi connectivity index (χ3n) is 3.98. The number of methoxy groups -OCH3 is 1. The van der Waals surface area contributed by atoms with Crippen LogP contribution in [0, 0.1) is 0 Å². The van der Waals surface area contributed by atoms with Gasteiger partial charge < -0.3 is 15.6 Å². The molecule has 0 atom stereocenters. The van der Waals surface area contributed by atoms with Crippen molar-refractivity contribution in [3.63, 3.8) is 0 Å². The van der Waals surface area contributed by atoms with Gasteiger partial charge in [0, 0.05) is 23.5 Å². The zero-order chi connectivity index (χ0) is 21.2. The summed E-state index contributed by atoms with van der Waals surface area (Å²) in [6, 6.07) is 11.8. The van der Waals surface area contributed by atoms with Gasteiger partial charge in [-0.2, -0.15) is 0 Å². The minimum absolute atomic E-state index is 0.0515. The van der Waals surface area contributed by atoms with Crippen molar-refractivity contribution < 1.29 is 23.1 Å². The van der Waals surface area contributed by atoms with Crippen molar-refractivity contribution in [3.8, 4) is 16.9 Å². The van der Waals surface area contributed by atoms with Crippen LogP contribution in [0.15, 0.2) is 59.6 Å². The van der Waals surface area contributed by atoms with E-state index in [9.17, 15) is 18.3 Å². The second-order valence-electron chi connectivity index (χ2n) is 5.96. The van der Waals surface area contributed by atoms with Crippen LogP contribution in [0.2, 0.25) is 5.15 Å². The maximum Gasteiger partial charge on any atom is 0.341 e. The number of aromatic nitrogens is 1. The van der Waals surface area contributed by atoms with Crippen molar-refractivity contribution in [3.05, 3.63) is 65.4 Å². The monoisotopic (exact) mass is 433 g/mol. The molecule has 0 fully saturated rings. The van der Waals surface area contributed by atoms with Crippen molar-refractivity contribution >= 4 is 39.0 Å². The highest BCUT2D eigenvalue weighted by atomic mass is 35.5. The largest absolute Gasteiger partial charge is 0.507 e. The van der Waals surface area contributed by atoms with E-state index in [1.54, 1.807) is 24.3 Å². The van der Waals surface area contributed by atoms with Crippen LogP contribution in [0.4, 0.5) is 11.4 Å². The lowest BCUT2D eigenvalue weighted by Crippen LogP contribution is -2.14. The number of ether oxygens (including phenoxy) is 1. The highest BCUT2D eigenvalue weighted by Crippen LogP contribution is 2.31. The maximum atomic E-state index is 12.8. The molecule has 0 saturated carbocycles. The van der Waals surface area contributed by atoms with Gasteiger partial charge in [-0.3, -0.25) is 4.72 Å². The predicted molar refractivity (Wildman–Crippen MR) is 109 cm³/mol. The SMILES string of the molecule is COC(=O)c1ccc(NS(=O)(=O)c2cnc(Cl)c(-c3cccc(N)c3)c2)cc1O. The fourth-order valence-electron chi connectivity index (χ4n) is 2.58. The Hall–Kier alpha value is -3.30. The predicted octanol–water partition coefficient (Wildman–Crippen LogP) is 3.28. The standard InChI is InChI=1S/C19H16ClN3O5S/c1-28-19(25)15-6-5-13(8-17(15)24)23-29(26,27)14-9-16(18(20)22-10-14)11-3-2-4-12(21)7-11/h2-10,23-24H,21H2,1H3. The average molecular weight is 434 g/mol. The lowest BCUT2D eigenvalue weighted by atomic mass is 10.1. The number of aromatic hydroxyl groups is 1. The first-order valence-electron chi connectivity index (χ1n) is 8.17. The molecule has 0 radical (unpaired) electrons. The fraction of sp³-hybridized carbons (Fsp3) is 0.0526. The number of carbonyl (C=O) groups excluding carboxylic acids is 1. The first kappa shape index (κ1) is 20.4. The summed E-state index contributed by atoms with van der Waals surface area (Å²) in [5.41, 5.74) is 7.24. The molecular weight excluding hydrogens is 418 g/mol. The first-order valence-corrected chi connectivity index (χ1v) is 10.0. The van der Waals surface area contributed by atoms with E-state index in [2.05, 4.69) is 14.4 Å². The number of phenols is 1. The molecule has 10 heteroatoms. The molecule has 8 nitrogen and oxygen atoms in total. The smallest absolute Gasteiger partial charge is 0.341 e. The molecular formula is C19H16ClN3O5S. The van der Waals surface area contributed by atoms with Gasteiger partial charge in [-0.15, -0.1) is 0 Å². The number of hydrogen-bond donors (Lipinski definition) is 3. The molecule has 1 aromatic heterocycles. The Labute approximate surface area is 172 Å². The number of nitrogens with one attached hydrogen (secondary N) is 1. The van der Waals surface area contributed by atoms with Crippen molar-refractivity contribution in [1.82, 2.24) is 4.98 Å². The summed E-state index contributed by atoms with van der Waals surface area (Å²) in [5.74, 6) is -1.17. The van der Waals surface area contributed by atoms with Gasteiger partial charge in [-0.25, -0.2) is 18.2 Å². The molecule has 0 amide bonds. The van der Waals surface area contributed by atoms with E-state index in [0.717, 1.165) is 12.3 Å². The molecule has 1 heterocycles. The van der Waals surface area contributed by atoms with E-state index in [4.69, 9.17) is 17.3 Å². The molecule has 0 aliphatic rings. The van der Waals surface area contributed by atoms with Gasteiger partial charge in [0.1, 0.15) is 21.4 Å². The Morgan fingerprint density at radius 1 is 1.21 bits per heavy atom. The lowest BCUT2D eigenvalue weighted by Gasteiger charge is -2.11. The van der Waals surface area contributed by atoms with Crippen LogP contribution >= 0.6 is 11.6 Å². The number of nitrogens with zero attached hydrogens (tertiary/aromatic N) is 1. The summed E-state index contributed by atoms with van der Waals surface area (Å²) < 4.78 is 32.4. The van der Waals surface area contributed by atoms with Gasteiger partial charge >= 0.3 is 5.97 Å². The van der Waals surface area contributed by atoms with Crippen LogP contribution in [-0.4, -0.2) is 31.6 Å². The van der Waals surface area contributed by atoms with E-state index in [1.165, 1.54) is 25.3 Å². The summed E-state index contributed by atoms with van der Waals surface area (Å²) in [7, 11) is -2.89. The summed E-state index contributed by atoms with van der Waals surface area (Å²) in [5, 5.41) is 10.1. The lowest BCUT2D eigenvalue weighted by molar-refractivity contribution is 0.0597. The molecule has 0 saturated heterocycles. The number of carbonyl (C=O) groups is 1. The van der Waals surface area contributed by atoms with Crippen LogP contribution in [-0.2, 0) is 14.8 Å². The highest BCUT2D eigenvalue weighted by Gasteiger charge is 2.19. The summed E-state index contributed by atoms with van der Waals surface area (Å²) >= 11 is 6.13. The average Bonchev–Trinajstić information content (AvgIpc) is 2.67. The van der Waals surface area contributed by atoms with Crippen LogP contribution in [0.5, 0.6) is 5.75 Å². The van der Waals surface area contributed by atoms with Gasteiger partial charge in [0.15, 0.2) is 0 Å². The first-order chi connectivity index (χ1) is 13.7. The number of pyridine rings is 1. The van der Waals surface area contributed by atoms with Crippen molar-refractivity contribution in [2.45, 2.75) is 4.90 Å². The van der Waals surface area contributed by atoms with E-state index in [0.29, 0.717) is 16.8 Å². The number of rotatable bonds is 5. The summed E-state index contributed by atoms with van der Waals surface area (Å²) in [6.07, 6.45) is 1.11. The van der Waals surface area contributed by atoms with Crippen molar-refractivity contribution in [2.75, 3.05) is 17.6 Å². The van der Waals surface area contributed by atoms with Crippen LogP contribution in [0.1, 0.15) is 10.4 Å². The van der Waals surface area contributed by atoms with Gasteiger partial charge in [0.05, 0.1) is 12.8 Å². The maximum absolute atomic E-state index is 12.8. The molecule has 150 valence electrons. The topological polar surface area (TPSA) is 132 Å². The Balaban J connectivity index is 1.95. The van der Waals surface area contributed by atoms with E-state index in [-0.39, 0.29) is 21.3 Å². The third kappa shape index (κ3) is 4.41. The molecule has 3 rings (SSSR count). The van der Waals surface area contributed by atoms with Crippen molar-refractivity contribution in [1.29, 1.82) is 0 Å². The Morgan fingerprint density at radius 3 is 2.62 bits per heavy atom. The molecule has 0 bridgehead atoms. The molecule has 0 aliphatic heterocycles. The zero-order valence-electron chi connectivity index (χ0n) is 15.1. The number of esters is 1. The van der Waals surface area contributed by atoms with E-state index >= 15 is 0 Å². The third-order valence-corrected chi connectivity index (χ3v) is 5.63. The van der Waals surface area contributed by atoms with Crippen LogP contribution in [0.25, 0.3) is 11.1 Å². The number of anilines is 2. The van der Waals surface area contributed by atoms with Crippen LogP contribution in [0.3, 0.4) is 0 Å². The van der Waals surface area contributed by atoms with Crippen molar-refractivity contribution in [2.24, 2.45) is 0 Å². The second-order valence-corrected chi connectivity index (χ2v) is 8.00. The Morgan fingerprint density at radius 2 is 1.97 bits per heavy atom. The number of hydrogen-bond acceptors (Lipinski definition) is 7. The normalized spacial score (nSPS) is 11.1. The molecule has 0 unspecified atom stereocenters. The van der Waals surface area contributed by atoms with E-state index < -0.39 is 21.7 Å². The van der Waals surface area contributed by atoms with Crippen LogP contribution < -0.4 is 10.5 Å². The quantitative estimate of drug-likeness (QED) is 0.319. The summed E-state index contributed by atoms with van der Waals surface area (Å²) in [6.45, 7) is 0. The number of halogens is 1. The molecule has 2 aromatic carbocycles. The number of nitrogens with two attached hydrogens (primary N) is 1. The number of sulfonamides is 1. The fourth-order valence-corrected chi connectivity index (χ4v) is 3.81. The minimum Gasteiger partial charge on any atom is -0.507 e. The van der Waals surface area contributed by atoms with Gasteiger partial charge in [-0.1, -0.05) is 23.7 Å². The molecule has 4 N–H and O–H groups in total. The number of phenolic OH excluding ortho intramolecular Hbond substituents is 1. The molecule has 0 spiro atoms. The minimum atomic E-state index is -4.06.